The third kappa shape index (κ3) is 5.41. The van der Waals surface area contributed by atoms with E-state index in [1.807, 2.05) is 24.3 Å². The van der Waals surface area contributed by atoms with Crippen LogP contribution in [0.4, 0.5) is 4.79 Å². The van der Waals surface area contributed by atoms with Crippen LogP contribution >= 0.6 is 0 Å². The van der Waals surface area contributed by atoms with Crippen molar-refractivity contribution in [3.63, 3.8) is 0 Å². The fourth-order valence-electron chi connectivity index (χ4n) is 4.56. The number of nitrogens with zero attached hydrogens (tertiary/aromatic N) is 1. The monoisotopic (exact) mass is 464 g/mol. The van der Waals surface area contributed by atoms with Gasteiger partial charge in [-0.3, -0.25) is 9.59 Å². The predicted octanol–water partition coefficient (Wildman–Crippen LogP) is 4.26. The van der Waals surface area contributed by atoms with Crippen LogP contribution in [0.15, 0.2) is 48.5 Å². The van der Waals surface area contributed by atoms with E-state index in [1.54, 1.807) is 18.7 Å². The van der Waals surface area contributed by atoms with Gasteiger partial charge in [0.05, 0.1) is 11.8 Å². The van der Waals surface area contributed by atoms with Gasteiger partial charge < -0.3 is 20.1 Å². The Morgan fingerprint density at radius 2 is 1.62 bits per heavy atom. The van der Waals surface area contributed by atoms with Crippen molar-refractivity contribution in [1.29, 1.82) is 0 Å². The lowest BCUT2D eigenvalue weighted by atomic mass is 9.91. The lowest BCUT2D eigenvalue weighted by Gasteiger charge is -2.32. The summed E-state index contributed by atoms with van der Waals surface area (Å²) in [6, 6.07) is 16.3. The van der Waals surface area contributed by atoms with E-state index < -0.39 is 17.5 Å². The van der Waals surface area contributed by atoms with E-state index in [0.717, 1.165) is 35.1 Å². The van der Waals surface area contributed by atoms with E-state index in [1.165, 1.54) is 0 Å². The van der Waals surface area contributed by atoms with Gasteiger partial charge in [-0.2, -0.15) is 0 Å². The molecular formula is C27H32N2O5. The highest BCUT2D eigenvalue weighted by atomic mass is 16.5. The maximum absolute atomic E-state index is 13.1. The lowest BCUT2D eigenvalue weighted by molar-refractivity contribution is -0.142. The van der Waals surface area contributed by atoms with Crippen molar-refractivity contribution in [3.05, 3.63) is 59.7 Å². The predicted molar refractivity (Wildman–Crippen MR) is 128 cm³/mol. The maximum atomic E-state index is 13.1. The van der Waals surface area contributed by atoms with E-state index in [4.69, 9.17) is 9.84 Å². The minimum atomic E-state index is -0.928. The summed E-state index contributed by atoms with van der Waals surface area (Å²) < 4.78 is 5.58. The van der Waals surface area contributed by atoms with Gasteiger partial charge in [0.15, 0.2) is 0 Å². The van der Waals surface area contributed by atoms with Crippen LogP contribution in [0.5, 0.6) is 0 Å². The van der Waals surface area contributed by atoms with E-state index in [2.05, 4.69) is 29.6 Å². The molecule has 2 aliphatic rings. The number of nitrogens with one attached hydrogen (secondary N) is 1. The Bertz CT molecular complexity index is 1030. The fourth-order valence-corrected chi connectivity index (χ4v) is 4.56. The Labute approximate surface area is 200 Å². The zero-order valence-corrected chi connectivity index (χ0v) is 19.8. The molecule has 0 unspecified atom stereocenters. The molecule has 0 radical (unpaired) electrons. The number of benzene rings is 2. The van der Waals surface area contributed by atoms with Gasteiger partial charge in [-0.05, 0) is 54.9 Å². The molecule has 1 fully saturated rings. The van der Waals surface area contributed by atoms with Gasteiger partial charge in [0.1, 0.15) is 6.61 Å². The molecule has 7 heteroatoms. The SMILES string of the molecule is CC(C)(CNC(=O)OCC1c2ccccc2-c2ccccc21)C(=O)N(CCC(=O)O)CC1CC1. The molecule has 2 aliphatic carbocycles. The minimum Gasteiger partial charge on any atom is -0.481 e. The molecule has 180 valence electrons. The second-order valence-corrected chi connectivity index (χ2v) is 9.90. The first kappa shape index (κ1) is 23.8. The van der Waals surface area contributed by atoms with Crippen molar-refractivity contribution in [3.8, 4) is 11.1 Å². The molecular weight excluding hydrogens is 432 g/mol. The summed E-state index contributed by atoms with van der Waals surface area (Å²) >= 11 is 0. The molecule has 0 atom stereocenters. The Morgan fingerprint density at radius 3 is 2.18 bits per heavy atom. The first-order chi connectivity index (χ1) is 16.3. The zero-order chi connectivity index (χ0) is 24.3. The molecule has 0 saturated heterocycles. The number of hydrogen-bond acceptors (Lipinski definition) is 4. The number of carbonyl (C=O) groups is 3. The van der Waals surface area contributed by atoms with Gasteiger partial charge in [-0.1, -0.05) is 48.5 Å². The minimum absolute atomic E-state index is 0.0298. The second-order valence-electron chi connectivity index (χ2n) is 9.90. The largest absolute Gasteiger partial charge is 0.481 e. The Balaban J connectivity index is 1.33. The smallest absolute Gasteiger partial charge is 0.407 e. The summed E-state index contributed by atoms with van der Waals surface area (Å²) in [6.45, 7) is 4.59. The van der Waals surface area contributed by atoms with Crippen molar-refractivity contribution in [2.24, 2.45) is 11.3 Å². The number of hydrogen-bond donors (Lipinski definition) is 2. The molecule has 7 nitrogen and oxygen atoms in total. The van der Waals surface area contributed by atoms with Crippen molar-refractivity contribution in [1.82, 2.24) is 10.2 Å². The molecule has 0 aromatic heterocycles. The molecule has 2 N–H and O–H groups in total. The van der Waals surface area contributed by atoms with Gasteiger partial charge in [0.25, 0.3) is 0 Å². The van der Waals surface area contributed by atoms with Crippen molar-refractivity contribution >= 4 is 18.0 Å². The van der Waals surface area contributed by atoms with Crippen molar-refractivity contribution in [2.45, 2.75) is 39.0 Å². The number of rotatable bonds is 10. The molecule has 0 spiro atoms. The highest BCUT2D eigenvalue weighted by Crippen LogP contribution is 2.44. The topological polar surface area (TPSA) is 95.9 Å². The molecule has 34 heavy (non-hydrogen) atoms. The lowest BCUT2D eigenvalue weighted by Crippen LogP contribution is -2.48. The number of amides is 2. The molecule has 2 aromatic carbocycles. The van der Waals surface area contributed by atoms with Crippen LogP contribution in [-0.4, -0.2) is 54.2 Å². The van der Waals surface area contributed by atoms with Gasteiger partial charge in [0, 0.05) is 25.6 Å². The number of carboxylic acid groups (broad SMARTS) is 1. The highest BCUT2D eigenvalue weighted by molar-refractivity contribution is 5.83. The van der Waals surface area contributed by atoms with E-state index in [0.29, 0.717) is 12.5 Å². The summed E-state index contributed by atoms with van der Waals surface area (Å²) in [7, 11) is 0. The number of carboxylic acids is 1. The van der Waals surface area contributed by atoms with Crippen LogP contribution in [0.25, 0.3) is 11.1 Å². The highest BCUT2D eigenvalue weighted by Gasteiger charge is 2.36. The Kier molecular flexibility index (Phi) is 6.91. The summed E-state index contributed by atoms with van der Waals surface area (Å²) in [4.78, 5) is 38.3. The second kappa shape index (κ2) is 9.87. The number of carbonyl (C=O) groups excluding carboxylic acids is 2. The zero-order valence-electron chi connectivity index (χ0n) is 19.8. The number of ether oxygens (including phenoxy) is 1. The summed E-state index contributed by atoms with van der Waals surface area (Å²) in [6.07, 6.45) is 1.47. The molecule has 0 aliphatic heterocycles. The van der Waals surface area contributed by atoms with E-state index >= 15 is 0 Å². The third-order valence-corrected chi connectivity index (χ3v) is 6.66. The number of aliphatic carboxylic acids is 1. The summed E-state index contributed by atoms with van der Waals surface area (Å²) in [5.74, 6) is -0.663. The molecule has 0 heterocycles. The van der Waals surface area contributed by atoms with Crippen LogP contribution in [0.2, 0.25) is 0 Å². The summed E-state index contributed by atoms with van der Waals surface area (Å²) in [5.41, 5.74) is 3.73. The molecule has 2 aromatic rings. The standard InChI is InChI=1S/C27H32N2O5/c1-27(2,25(32)29(14-13-24(30)31)15-18-11-12-18)17-28-26(33)34-16-23-21-9-5-3-7-19(21)20-8-4-6-10-22(20)23/h3-10,18,23H,11-17H2,1-2H3,(H,28,33)(H,30,31). The molecule has 0 bridgehead atoms. The van der Waals surface area contributed by atoms with Crippen molar-refractivity contribution < 1.29 is 24.2 Å². The van der Waals surface area contributed by atoms with Crippen LogP contribution in [0.1, 0.15) is 50.2 Å². The van der Waals surface area contributed by atoms with Crippen LogP contribution in [0.3, 0.4) is 0 Å². The first-order valence-corrected chi connectivity index (χ1v) is 11.9. The van der Waals surface area contributed by atoms with Crippen molar-refractivity contribution in [2.75, 3.05) is 26.2 Å². The molecule has 2 amide bonds. The quantitative estimate of drug-likeness (QED) is 0.548. The fraction of sp³-hybridized carbons (Fsp3) is 0.444. The third-order valence-electron chi connectivity index (χ3n) is 6.66. The first-order valence-electron chi connectivity index (χ1n) is 11.9. The number of alkyl carbamates (subject to hydrolysis) is 1. The van der Waals surface area contributed by atoms with Gasteiger partial charge in [0.2, 0.25) is 5.91 Å². The Morgan fingerprint density at radius 1 is 1.03 bits per heavy atom. The van der Waals surface area contributed by atoms with Crippen LogP contribution in [0, 0.1) is 11.3 Å². The van der Waals surface area contributed by atoms with Gasteiger partial charge in [-0.15, -0.1) is 0 Å². The number of fused-ring (bicyclic) bond motifs is 3. The average molecular weight is 465 g/mol. The Hall–Kier alpha value is -3.35. The normalized spacial score (nSPS) is 14.8. The van der Waals surface area contributed by atoms with Crippen LogP contribution in [-0.2, 0) is 14.3 Å². The van der Waals surface area contributed by atoms with Crippen LogP contribution < -0.4 is 5.32 Å². The molecule has 1 saturated carbocycles. The average Bonchev–Trinajstić information content (AvgIpc) is 3.59. The van der Waals surface area contributed by atoms with Gasteiger partial charge >= 0.3 is 12.1 Å². The molecule has 4 rings (SSSR count). The maximum Gasteiger partial charge on any atom is 0.407 e. The van der Waals surface area contributed by atoms with E-state index in [-0.39, 0.29) is 37.9 Å². The summed E-state index contributed by atoms with van der Waals surface area (Å²) in [5, 5.41) is 11.8. The van der Waals surface area contributed by atoms with Gasteiger partial charge in [-0.25, -0.2) is 4.79 Å². The van der Waals surface area contributed by atoms with E-state index in [9.17, 15) is 14.4 Å².